The zero-order chi connectivity index (χ0) is 7.98. The van der Waals surface area contributed by atoms with Crippen molar-refractivity contribution in [2.24, 2.45) is 11.5 Å². The van der Waals surface area contributed by atoms with Crippen LogP contribution in [0.2, 0.25) is 0 Å². The van der Waals surface area contributed by atoms with Gasteiger partial charge in [0.15, 0.2) is 0 Å². The molecule has 0 aliphatic heterocycles. The van der Waals surface area contributed by atoms with Gasteiger partial charge < -0.3 is 11.5 Å². The second-order valence-corrected chi connectivity index (χ2v) is 2.41. The Kier molecular flexibility index (Phi) is 5.16. The van der Waals surface area contributed by atoms with Crippen LogP contribution in [0.15, 0.2) is 12.2 Å². The summed E-state index contributed by atoms with van der Waals surface area (Å²) in [6.45, 7) is 3.79. The summed E-state index contributed by atoms with van der Waals surface area (Å²) in [4.78, 5) is 0. The van der Waals surface area contributed by atoms with E-state index in [0.29, 0.717) is 13.0 Å². The molecule has 1 unspecified atom stereocenters. The summed E-state index contributed by atoms with van der Waals surface area (Å²) in [5, 5.41) is 0. The van der Waals surface area contributed by atoms with Crippen LogP contribution in [0.3, 0.4) is 0 Å². The largest absolute Gasteiger partial charge is 0.330 e. The maximum atomic E-state index is 11.8. The lowest BCUT2D eigenvalue weighted by molar-refractivity contribution is 0.424. The Morgan fingerprint density at radius 1 is 1.60 bits per heavy atom. The molecule has 3 heteroatoms. The summed E-state index contributed by atoms with van der Waals surface area (Å²) in [7, 11) is 0. The molecular weight excluding hydrogens is 131 g/mol. The van der Waals surface area contributed by atoms with Crippen molar-refractivity contribution in [2.45, 2.75) is 18.9 Å². The molecule has 4 N–H and O–H groups in total. The van der Waals surface area contributed by atoms with Gasteiger partial charge in [0, 0.05) is 6.04 Å². The number of alkyl halides is 1. The number of hydrogen-bond donors (Lipinski definition) is 2. The van der Waals surface area contributed by atoms with Crippen LogP contribution >= 0.6 is 0 Å². The van der Waals surface area contributed by atoms with E-state index in [1.54, 1.807) is 0 Å². The van der Waals surface area contributed by atoms with Crippen molar-refractivity contribution in [3.63, 3.8) is 0 Å². The predicted octanol–water partition coefficient (Wildman–Crippen LogP) is 0.578. The predicted molar refractivity (Wildman–Crippen MR) is 41.4 cm³/mol. The monoisotopic (exact) mass is 146 g/mol. The van der Waals surface area contributed by atoms with Gasteiger partial charge in [0.05, 0.1) is 0 Å². The highest BCUT2D eigenvalue weighted by Crippen LogP contribution is 2.04. The smallest absolute Gasteiger partial charge is 0.105 e. The Morgan fingerprint density at radius 3 is 2.60 bits per heavy atom. The number of hydrogen-bond acceptors (Lipinski definition) is 2. The third-order valence-corrected chi connectivity index (χ3v) is 1.25. The maximum absolute atomic E-state index is 11.8. The molecule has 2 nitrogen and oxygen atoms in total. The highest BCUT2D eigenvalue weighted by molar-refractivity contribution is 4.97. The Balaban J connectivity index is 3.37. The molecule has 0 rings (SSSR count). The summed E-state index contributed by atoms with van der Waals surface area (Å²) >= 11 is 0. The molecule has 0 aromatic rings. The van der Waals surface area contributed by atoms with Crippen LogP contribution in [0.4, 0.5) is 4.39 Å². The van der Waals surface area contributed by atoms with Gasteiger partial charge in [-0.25, -0.2) is 4.39 Å². The Morgan fingerprint density at radius 2 is 2.20 bits per heavy atom. The van der Waals surface area contributed by atoms with Crippen LogP contribution in [-0.4, -0.2) is 19.3 Å². The van der Waals surface area contributed by atoms with Crippen LogP contribution in [0.25, 0.3) is 0 Å². The molecule has 0 saturated carbocycles. The minimum absolute atomic E-state index is 0.390. The fraction of sp³-hybridized carbons (Fsp3) is 0.714. The van der Waals surface area contributed by atoms with Gasteiger partial charge in [0.2, 0.25) is 0 Å². The van der Waals surface area contributed by atoms with Crippen molar-refractivity contribution in [1.29, 1.82) is 0 Å². The van der Waals surface area contributed by atoms with Crippen LogP contribution in [0.1, 0.15) is 12.8 Å². The molecule has 0 radical (unpaired) electrons. The van der Waals surface area contributed by atoms with E-state index in [0.717, 1.165) is 12.0 Å². The molecule has 1 atom stereocenters. The van der Waals surface area contributed by atoms with E-state index in [1.807, 2.05) is 0 Å². The fourth-order valence-electron chi connectivity index (χ4n) is 0.732. The second-order valence-electron chi connectivity index (χ2n) is 2.41. The third kappa shape index (κ3) is 4.47. The van der Waals surface area contributed by atoms with Crippen LogP contribution < -0.4 is 11.5 Å². The number of rotatable bonds is 5. The molecule has 0 bridgehead atoms. The van der Waals surface area contributed by atoms with Gasteiger partial charge in [-0.3, -0.25) is 0 Å². The van der Waals surface area contributed by atoms with E-state index in [9.17, 15) is 4.39 Å². The second kappa shape index (κ2) is 5.38. The third-order valence-electron chi connectivity index (χ3n) is 1.25. The van der Waals surface area contributed by atoms with Crippen molar-refractivity contribution in [3.05, 3.63) is 12.2 Å². The normalized spacial score (nSPS) is 13.1. The van der Waals surface area contributed by atoms with Crippen LogP contribution in [0, 0.1) is 0 Å². The summed E-state index contributed by atoms with van der Waals surface area (Å²) in [5.41, 5.74) is 11.5. The van der Waals surface area contributed by atoms with E-state index in [4.69, 9.17) is 11.5 Å². The first-order valence-electron chi connectivity index (χ1n) is 3.39. The minimum Gasteiger partial charge on any atom is -0.330 e. The fourth-order valence-corrected chi connectivity index (χ4v) is 0.732. The first kappa shape index (κ1) is 9.59. The molecule has 10 heavy (non-hydrogen) atoms. The standard InChI is InChI=1S/C7H15FN2/c1-6(2-3-9)4-7(10)5-8/h7H,1-5,9-10H2. The van der Waals surface area contributed by atoms with Crippen LogP contribution in [0.5, 0.6) is 0 Å². The van der Waals surface area contributed by atoms with Crippen molar-refractivity contribution in [2.75, 3.05) is 13.2 Å². The Hall–Kier alpha value is -0.410. The van der Waals surface area contributed by atoms with Crippen molar-refractivity contribution < 1.29 is 4.39 Å². The molecule has 0 aliphatic rings. The molecule has 0 aliphatic carbocycles. The van der Waals surface area contributed by atoms with Crippen molar-refractivity contribution >= 4 is 0 Å². The average Bonchev–Trinajstić information content (AvgIpc) is 1.88. The zero-order valence-electron chi connectivity index (χ0n) is 6.15. The van der Waals surface area contributed by atoms with Gasteiger partial charge in [-0.05, 0) is 19.4 Å². The van der Waals surface area contributed by atoms with Crippen LogP contribution in [-0.2, 0) is 0 Å². The molecule has 0 saturated heterocycles. The first-order valence-corrected chi connectivity index (χ1v) is 3.39. The molecule has 0 heterocycles. The van der Waals surface area contributed by atoms with Gasteiger partial charge in [0.25, 0.3) is 0 Å². The van der Waals surface area contributed by atoms with Gasteiger partial charge in [-0.1, -0.05) is 12.2 Å². The van der Waals surface area contributed by atoms with E-state index in [-0.39, 0.29) is 6.04 Å². The van der Waals surface area contributed by atoms with Crippen molar-refractivity contribution in [1.82, 2.24) is 0 Å². The molecule has 0 amide bonds. The van der Waals surface area contributed by atoms with E-state index in [2.05, 4.69) is 6.58 Å². The van der Waals surface area contributed by atoms with E-state index in [1.165, 1.54) is 0 Å². The zero-order valence-corrected chi connectivity index (χ0v) is 6.15. The van der Waals surface area contributed by atoms with Gasteiger partial charge >= 0.3 is 0 Å². The minimum atomic E-state index is -0.483. The molecule has 0 spiro atoms. The maximum Gasteiger partial charge on any atom is 0.105 e. The quantitative estimate of drug-likeness (QED) is 0.557. The lowest BCUT2D eigenvalue weighted by atomic mass is 10.1. The summed E-state index contributed by atoms with van der Waals surface area (Å²) < 4.78 is 11.8. The summed E-state index contributed by atoms with van der Waals surface area (Å²) in [5.74, 6) is 0. The number of nitrogens with two attached hydrogens (primary N) is 2. The van der Waals surface area contributed by atoms with Crippen molar-refractivity contribution in [3.8, 4) is 0 Å². The molecular formula is C7H15FN2. The lowest BCUT2D eigenvalue weighted by Gasteiger charge is -2.07. The molecule has 0 aromatic heterocycles. The van der Waals surface area contributed by atoms with E-state index < -0.39 is 6.67 Å². The SMILES string of the molecule is C=C(CCN)CC(N)CF. The molecule has 0 aromatic carbocycles. The molecule has 60 valence electrons. The van der Waals surface area contributed by atoms with E-state index >= 15 is 0 Å². The lowest BCUT2D eigenvalue weighted by Crippen LogP contribution is -2.22. The number of halogens is 1. The van der Waals surface area contributed by atoms with Gasteiger partial charge in [-0.15, -0.1) is 0 Å². The van der Waals surface area contributed by atoms with Gasteiger partial charge in [0.1, 0.15) is 6.67 Å². The summed E-state index contributed by atoms with van der Waals surface area (Å²) in [6.07, 6.45) is 1.29. The highest BCUT2D eigenvalue weighted by atomic mass is 19.1. The topological polar surface area (TPSA) is 52.0 Å². The average molecular weight is 146 g/mol. The Labute approximate surface area is 61.1 Å². The molecule has 0 fully saturated rings. The first-order chi connectivity index (χ1) is 4.70. The highest BCUT2D eigenvalue weighted by Gasteiger charge is 2.02. The Bertz CT molecular complexity index is 104. The summed E-state index contributed by atoms with van der Waals surface area (Å²) in [6, 6.07) is -0.390. The van der Waals surface area contributed by atoms with Gasteiger partial charge in [-0.2, -0.15) is 0 Å².